The van der Waals surface area contributed by atoms with E-state index >= 15 is 0 Å². The molecule has 1 aliphatic heterocycles. The molecule has 6 nitrogen and oxygen atoms in total. The van der Waals surface area contributed by atoms with E-state index in [1.165, 1.54) is 49.7 Å². The van der Waals surface area contributed by atoms with E-state index in [0.717, 1.165) is 56.9 Å². The maximum absolute atomic E-state index is 12.5. The van der Waals surface area contributed by atoms with Gasteiger partial charge in [0.15, 0.2) is 0 Å². The Labute approximate surface area is 303 Å². The highest BCUT2D eigenvalue weighted by Gasteiger charge is 2.71. The van der Waals surface area contributed by atoms with E-state index in [4.69, 9.17) is 0 Å². The van der Waals surface area contributed by atoms with Gasteiger partial charge in [0.05, 0.1) is 11.2 Å². The van der Waals surface area contributed by atoms with Gasteiger partial charge in [0, 0.05) is 43.2 Å². The van der Waals surface area contributed by atoms with Crippen LogP contribution in [-0.2, 0) is 9.52 Å². The van der Waals surface area contributed by atoms with Crippen molar-refractivity contribution < 1.29 is 19.2 Å². The number of carbonyl (C=O) groups is 1. The van der Waals surface area contributed by atoms with Gasteiger partial charge in [0.1, 0.15) is 0 Å². The second-order valence-corrected chi connectivity index (χ2v) is 22.5. The lowest BCUT2D eigenvalue weighted by Gasteiger charge is -2.72. The molecule has 5 fully saturated rings. The zero-order chi connectivity index (χ0) is 36.1. The summed E-state index contributed by atoms with van der Waals surface area (Å²) in [5.74, 6) is 7.10. The number of hydrogen-bond acceptors (Lipinski definition) is 5. The molecule has 0 bridgehead atoms. The first-order valence-corrected chi connectivity index (χ1v) is 21.9. The van der Waals surface area contributed by atoms with E-state index in [-0.39, 0.29) is 27.2 Å². The quantitative estimate of drug-likeness (QED) is 0.253. The minimum absolute atomic E-state index is 0.00157. The van der Waals surface area contributed by atoms with E-state index in [2.05, 4.69) is 70.6 Å². The van der Waals surface area contributed by atoms with E-state index in [9.17, 15) is 19.2 Å². The highest BCUT2D eigenvalue weighted by Crippen LogP contribution is 2.76. The molecule has 1 aromatic carbocycles. The number of nitrogens with zero attached hydrogens (tertiary/aromatic N) is 1. The SMILES string of the molecule is C=S1(=O)CCN(CCN[C@]23CC[C@@H](C(C)(C)O)[C@@H]2[C@H]2CC[C@@H]4[C@@]5(C)CC=C(c6ccc(C(=O)O)cc6)C(C)(C)[C@@H]5CC[C@@]4(C)[C@]2(C)CC3)CC1. The van der Waals surface area contributed by atoms with Crippen LogP contribution in [0.4, 0.5) is 0 Å². The summed E-state index contributed by atoms with van der Waals surface area (Å²) in [5.41, 5.74) is 2.94. The number of nitrogens with one attached hydrogen (secondary N) is 1. The van der Waals surface area contributed by atoms with Crippen LogP contribution < -0.4 is 5.32 Å². The number of benzene rings is 1. The summed E-state index contributed by atoms with van der Waals surface area (Å²) in [7, 11) is -1.89. The molecule has 278 valence electrons. The van der Waals surface area contributed by atoms with Crippen molar-refractivity contribution in [2.24, 2.45) is 51.2 Å². The number of hydrogen-bond donors (Lipinski definition) is 3. The maximum Gasteiger partial charge on any atom is 0.335 e. The molecular weight excluding hydrogens is 641 g/mol. The van der Waals surface area contributed by atoms with Crippen molar-refractivity contribution in [2.75, 3.05) is 37.7 Å². The molecule has 4 saturated carbocycles. The van der Waals surface area contributed by atoms with Crippen LogP contribution in [0.15, 0.2) is 30.3 Å². The fourth-order valence-corrected chi connectivity index (χ4v) is 15.5. The van der Waals surface area contributed by atoms with E-state index in [0.29, 0.717) is 35.2 Å². The van der Waals surface area contributed by atoms with E-state index in [1.54, 1.807) is 12.1 Å². The summed E-state index contributed by atoms with van der Waals surface area (Å²) in [6, 6.07) is 7.57. The van der Waals surface area contributed by atoms with Crippen molar-refractivity contribution in [3.63, 3.8) is 0 Å². The number of aliphatic hydroxyl groups is 1. The predicted molar refractivity (Wildman–Crippen MR) is 207 cm³/mol. The predicted octanol–water partition coefficient (Wildman–Crippen LogP) is 7.60. The zero-order valence-corrected chi connectivity index (χ0v) is 33.0. The van der Waals surface area contributed by atoms with Crippen LogP contribution in [0.5, 0.6) is 0 Å². The molecule has 1 heterocycles. The van der Waals surface area contributed by atoms with E-state index in [1.807, 2.05) is 12.1 Å². The second kappa shape index (κ2) is 12.2. The monoisotopic (exact) mass is 706 g/mol. The Morgan fingerprint density at radius 1 is 0.940 bits per heavy atom. The molecule has 0 spiro atoms. The molecule has 1 saturated heterocycles. The summed E-state index contributed by atoms with van der Waals surface area (Å²) in [6.07, 6.45) is 13.3. The first kappa shape index (κ1) is 36.7. The molecule has 7 heteroatoms. The number of fused-ring (bicyclic) bond motifs is 7. The number of allylic oxidation sites excluding steroid dienone is 2. The molecule has 5 aliphatic carbocycles. The lowest BCUT2D eigenvalue weighted by Crippen LogP contribution is -2.68. The number of carboxylic acids is 1. The summed E-state index contributed by atoms with van der Waals surface area (Å²) >= 11 is 0. The van der Waals surface area contributed by atoms with Gasteiger partial charge in [-0.3, -0.25) is 4.21 Å². The van der Waals surface area contributed by atoms with Crippen LogP contribution in [0.3, 0.4) is 0 Å². The Kier molecular flexibility index (Phi) is 8.93. The van der Waals surface area contributed by atoms with Crippen LogP contribution in [0.25, 0.3) is 5.57 Å². The molecule has 1 aromatic rings. The molecule has 50 heavy (non-hydrogen) atoms. The Hall–Kier alpha value is -1.67. The van der Waals surface area contributed by atoms with Gasteiger partial charge in [-0.1, -0.05) is 52.8 Å². The van der Waals surface area contributed by atoms with Gasteiger partial charge in [-0.2, -0.15) is 0 Å². The van der Waals surface area contributed by atoms with Crippen molar-refractivity contribution in [1.29, 1.82) is 0 Å². The average molecular weight is 707 g/mol. The lowest BCUT2D eigenvalue weighted by molar-refractivity contribution is -0.225. The smallest absolute Gasteiger partial charge is 0.335 e. The highest BCUT2D eigenvalue weighted by atomic mass is 32.2. The summed E-state index contributed by atoms with van der Waals surface area (Å²) in [4.78, 5) is 14.0. The molecule has 9 atom stereocenters. The van der Waals surface area contributed by atoms with Gasteiger partial charge >= 0.3 is 5.97 Å². The molecule has 0 radical (unpaired) electrons. The van der Waals surface area contributed by atoms with Gasteiger partial charge in [-0.15, -0.1) is 0 Å². The first-order chi connectivity index (χ1) is 23.3. The number of rotatable bonds is 7. The molecule has 3 N–H and O–H groups in total. The van der Waals surface area contributed by atoms with Crippen molar-refractivity contribution >= 4 is 26.9 Å². The Balaban J connectivity index is 1.16. The summed E-state index contributed by atoms with van der Waals surface area (Å²) < 4.78 is 12.5. The third kappa shape index (κ3) is 5.60. The van der Waals surface area contributed by atoms with E-state index < -0.39 is 21.1 Å². The zero-order valence-electron chi connectivity index (χ0n) is 32.2. The number of carboxylic acid groups (broad SMARTS) is 1. The van der Waals surface area contributed by atoms with Crippen molar-refractivity contribution in [2.45, 2.75) is 117 Å². The van der Waals surface area contributed by atoms with Crippen LogP contribution in [0.2, 0.25) is 0 Å². The highest BCUT2D eigenvalue weighted by molar-refractivity contribution is 8.00. The minimum Gasteiger partial charge on any atom is -0.478 e. The average Bonchev–Trinajstić information content (AvgIpc) is 3.42. The fraction of sp³-hybridized carbons (Fsp3) is 0.767. The Morgan fingerprint density at radius 3 is 2.26 bits per heavy atom. The van der Waals surface area contributed by atoms with Crippen LogP contribution >= 0.6 is 0 Å². The van der Waals surface area contributed by atoms with Crippen molar-refractivity contribution in [3.8, 4) is 0 Å². The number of aromatic carboxylic acids is 1. The summed E-state index contributed by atoms with van der Waals surface area (Å²) in [5, 5.41) is 25.4. The van der Waals surface area contributed by atoms with Crippen molar-refractivity contribution in [1.82, 2.24) is 10.2 Å². The first-order valence-electron chi connectivity index (χ1n) is 19.8. The molecule has 0 aromatic heterocycles. The van der Waals surface area contributed by atoms with Gasteiger partial charge in [0.2, 0.25) is 0 Å². The molecule has 7 rings (SSSR count). The van der Waals surface area contributed by atoms with Crippen LogP contribution in [0.1, 0.15) is 122 Å². The van der Waals surface area contributed by atoms with Gasteiger partial charge in [-0.25, -0.2) is 4.79 Å². The van der Waals surface area contributed by atoms with Gasteiger partial charge in [-0.05, 0) is 162 Å². The lowest BCUT2D eigenvalue weighted by atomic mass is 9.32. The summed E-state index contributed by atoms with van der Waals surface area (Å²) in [6.45, 7) is 20.8. The van der Waals surface area contributed by atoms with Crippen molar-refractivity contribution in [3.05, 3.63) is 41.5 Å². The topological polar surface area (TPSA) is 89.9 Å². The molecule has 6 aliphatic rings. The Morgan fingerprint density at radius 2 is 1.62 bits per heavy atom. The third-order valence-electron chi connectivity index (χ3n) is 16.8. The third-order valence-corrected chi connectivity index (χ3v) is 18.7. The standard InChI is InChI=1S/C43H66N2O4S/c1-38(2)31(29-9-11-30(12-10-29)37(46)47)15-18-40(5)34(38)17-19-42(7)35(40)14-13-33-36-32(39(3,4)48)16-20-43(36,22-21-41(33,42)6)44-23-24-45-25-27-50(8,49)28-26-45/h9-12,15,32-36,44,48H,8,13-14,16-28H2,1-7H3,(H,46,47)/t32-,33-,34+,35-,36-,40+,41-,42-,43+/m1/s1. The van der Waals surface area contributed by atoms with Gasteiger partial charge < -0.3 is 20.4 Å². The minimum atomic E-state index is -1.89. The largest absolute Gasteiger partial charge is 0.478 e. The molecule has 0 amide bonds. The van der Waals surface area contributed by atoms with Gasteiger partial charge in [0.25, 0.3) is 0 Å². The fourth-order valence-electron chi connectivity index (χ4n) is 14.1. The normalized spacial score (nSPS) is 42.4. The molecule has 0 unspecified atom stereocenters. The Bertz CT molecular complexity index is 1610. The maximum atomic E-state index is 12.5. The van der Waals surface area contributed by atoms with Crippen LogP contribution in [0, 0.1) is 51.2 Å². The van der Waals surface area contributed by atoms with Crippen LogP contribution in [-0.4, -0.2) is 80.0 Å². The molecular formula is C43H66N2O4S. The second-order valence-electron chi connectivity index (χ2n) is 19.7.